The Labute approximate surface area is 416 Å². The van der Waals surface area contributed by atoms with Gasteiger partial charge in [0.15, 0.2) is 17.2 Å². The molecule has 5 heterocycles. The van der Waals surface area contributed by atoms with E-state index in [0.717, 1.165) is 75.3 Å². The number of amides is 1. The number of nitrogens with one attached hydrogen (secondary N) is 3. The number of nitro benzene ring substituents is 1. The number of fused-ring (bicyclic) bond motifs is 2. The van der Waals surface area contributed by atoms with Gasteiger partial charge in [-0.1, -0.05) is 52.0 Å². The van der Waals surface area contributed by atoms with Crippen molar-refractivity contribution in [2.24, 2.45) is 16.7 Å². The molecule has 3 aromatic carbocycles. The second kappa shape index (κ2) is 19.6. The molecule has 71 heavy (non-hydrogen) atoms. The molecule has 1 unspecified atom stereocenters. The number of sulfonamides is 1. The molecule has 10 rings (SSSR count). The van der Waals surface area contributed by atoms with Crippen LogP contribution >= 0.6 is 0 Å². The molecule has 4 fully saturated rings. The van der Waals surface area contributed by atoms with Crippen molar-refractivity contribution >= 4 is 44.0 Å². The first-order valence-corrected chi connectivity index (χ1v) is 26.9. The summed E-state index contributed by atoms with van der Waals surface area (Å²) in [6.07, 6.45) is 12.6. The fourth-order valence-corrected chi connectivity index (χ4v) is 13.0. The summed E-state index contributed by atoms with van der Waals surface area (Å²) in [6, 6.07) is 20.8. The van der Waals surface area contributed by atoms with Gasteiger partial charge >= 0.3 is 0 Å². The van der Waals surface area contributed by atoms with Crippen molar-refractivity contribution < 1.29 is 37.1 Å². The van der Waals surface area contributed by atoms with E-state index >= 15 is 0 Å². The normalized spacial score (nSPS) is 21.4. The third-order valence-corrected chi connectivity index (χ3v) is 17.5. The van der Waals surface area contributed by atoms with Crippen LogP contribution in [0.2, 0.25) is 0 Å². The summed E-state index contributed by atoms with van der Waals surface area (Å²) in [5, 5.41) is 16.6. The minimum absolute atomic E-state index is 0.0369. The number of nitrogens with zero attached hydrogens (tertiary/aromatic N) is 4. The summed E-state index contributed by atoms with van der Waals surface area (Å²) in [5.74, 6) is 0.225. The van der Waals surface area contributed by atoms with E-state index in [9.17, 15) is 23.3 Å². The number of aromatic amines is 1. The van der Waals surface area contributed by atoms with Crippen molar-refractivity contribution in [3.05, 3.63) is 99.7 Å². The summed E-state index contributed by atoms with van der Waals surface area (Å²) in [5.41, 5.74) is 4.44. The molecule has 2 aromatic heterocycles. The highest BCUT2D eigenvalue weighted by molar-refractivity contribution is 7.90. The van der Waals surface area contributed by atoms with Gasteiger partial charge in [-0.15, -0.1) is 0 Å². The molecule has 16 nitrogen and oxygen atoms in total. The number of methoxy groups -OCH3 is 1. The van der Waals surface area contributed by atoms with Crippen molar-refractivity contribution in [2.75, 3.05) is 56.8 Å². The van der Waals surface area contributed by atoms with Gasteiger partial charge in [-0.3, -0.25) is 19.8 Å². The Morgan fingerprint density at radius 3 is 2.49 bits per heavy atom. The van der Waals surface area contributed by atoms with Crippen LogP contribution in [0.1, 0.15) is 125 Å². The number of pyridine rings is 1. The molecule has 17 heteroatoms. The maximum Gasteiger partial charge on any atom is 0.297 e. The Bertz CT molecular complexity index is 2900. The Hall–Kier alpha value is -5.91. The lowest BCUT2D eigenvalue weighted by Crippen LogP contribution is -2.54. The molecule has 2 saturated heterocycles. The van der Waals surface area contributed by atoms with E-state index in [-0.39, 0.29) is 77.0 Å². The van der Waals surface area contributed by atoms with Gasteiger partial charge in [0.25, 0.3) is 27.5 Å². The summed E-state index contributed by atoms with van der Waals surface area (Å²) < 4.78 is 54.4. The molecule has 2 saturated carbocycles. The number of aromatic nitrogens is 2. The summed E-state index contributed by atoms with van der Waals surface area (Å²) in [4.78, 5) is 38.6. The first kappa shape index (κ1) is 48.7. The number of ether oxygens (including phenoxy) is 4. The van der Waals surface area contributed by atoms with E-state index in [1.807, 2.05) is 12.1 Å². The maximum atomic E-state index is 14.4. The monoisotopic (exact) mass is 989 g/mol. The van der Waals surface area contributed by atoms with Gasteiger partial charge in [-0.25, -0.2) is 13.1 Å². The molecule has 3 aliphatic heterocycles. The number of hydrogen-bond donors (Lipinski definition) is 3. The lowest BCUT2D eigenvalue weighted by Gasteiger charge is -2.56. The number of anilines is 2. The summed E-state index contributed by atoms with van der Waals surface area (Å²) in [7, 11) is -3.13. The van der Waals surface area contributed by atoms with E-state index < -0.39 is 31.4 Å². The van der Waals surface area contributed by atoms with Crippen LogP contribution in [0.5, 0.6) is 23.1 Å². The largest absolute Gasteiger partial charge is 0.489 e. The first-order chi connectivity index (χ1) is 34.1. The zero-order chi connectivity index (χ0) is 49.7. The third kappa shape index (κ3) is 10.0. The number of rotatable bonds is 15. The zero-order valence-corrected chi connectivity index (χ0v) is 42.3. The van der Waals surface area contributed by atoms with Crippen LogP contribution in [0.25, 0.3) is 11.0 Å². The van der Waals surface area contributed by atoms with Gasteiger partial charge in [0, 0.05) is 67.8 Å². The molecule has 0 bridgehead atoms. The number of hydrogen-bond acceptors (Lipinski definition) is 13. The van der Waals surface area contributed by atoms with Gasteiger partial charge in [0.05, 0.1) is 28.0 Å². The third-order valence-electron chi connectivity index (χ3n) is 16.2. The predicted octanol–water partition coefficient (Wildman–Crippen LogP) is 10.5. The maximum absolute atomic E-state index is 14.4. The van der Waals surface area contributed by atoms with Gasteiger partial charge in [-0.2, -0.15) is 4.98 Å². The van der Waals surface area contributed by atoms with Gasteiger partial charge in [-0.05, 0) is 129 Å². The SMILES string of the molecule is COCCOc1nc2[nH]ccc2cc1Oc1cc(N2CCC3(CC2)CC(N2CCC[C@@H]2c2ccccc2C(C)C)C3)ccc1C(=O)NS(=O)(=O)c1cc2c(c([N+](=O)[O-])c1)NC(C1CCC(C)(C)CC1)CO2. The summed E-state index contributed by atoms with van der Waals surface area (Å²) >= 11 is 0. The molecule has 378 valence electrons. The first-order valence-electron chi connectivity index (χ1n) is 25.4. The molecular weight excluding hydrogens is 923 g/mol. The number of carbonyl (C=O) groups excluding carboxylic acids is 1. The smallest absolute Gasteiger partial charge is 0.297 e. The summed E-state index contributed by atoms with van der Waals surface area (Å²) in [6.45, 7) is 12.5. The zero-order valence-electron chi connectivity index (χ0n) is 41.5. The Morgan fingerprint density at radius 2 is 1.75 bits per heavy atom. The molecule has 0 radical (unpaired) electrons. The van der Waals surface area contributed by atoms with Crippen molar-refractivity contribution in [2.45, 2.75) is 121 Å². The lowest BCUT2D eigenvalue weighted by molar-refractivity contribution is -0.384. The minimum atomic E-state index is -4.69. The standard InChI is InChI=1S/C54H67N7O9S/c1-34(2)40-9-6-7-10-41(40)44-11-8-22-60(44)38-31-54(32-38)19-23-59(24-20-54)37-12-13-42(46(28-37)70-48-27-36-16-21-55-50(36)57-52(48)68-26-25-67-5)51(62)58-71(65,66)39-29-45(61(63)64)49-47(30-39)69-33-43(56-49)35-14-17-53(3,4)18-15-35/h6-7,9-10,12-13,16,21,27-30,34-35,38,43-44,56H,8,11,14-15,17-20,22-26,31-33H2,1-5H3,(H,55,57)(H,58,62)/t43?,44-/m1/s1. The van der Waals surface area contributed by atoms with E-state index in [1.165, 1.54) is 42.9 Å². The number of H-pyrrole nitrogens is 1. The van der Waals surface area contributed by atoms with Crippen LogP contribution in [0, 0.1) is 26.9 Å². The second-order valence-corrected chi connectivity index (χ2v) is 23.3. The van der Waals surface area contributed by atoms with Gasteiger partial charge in [0.2, 0.25) is 0 Å². The van der Waals surface area contributed by atoms with E-state index in [1.54, 1.807) is 31.5 Å². The average molecular weight is 990 g/mol. The lowest BCUT2D eigenvalue weighted by atomic mass is 9.59. The topological polar surface area (TPSA) is 190 Å². The molecule has 1 spiro atoms. The van der Waals surface area contributed by atoms with Crippen molar-refractivity contribution in [3.63, 3.8) is 0 Å². The highest BCUT2D eigenvalue weighted by atomic mass is 32.2. The van der Waals surface area contributed by atoms with Crippen LogP contribution < -0.4 is 29.1 Å². The number of carbonyl (C=O) groups is 1. The van der Waals surface area contributed by atoms with E-state index in [2.05, 4.69) is 81.8 Å². The van der Waals surface area contributed by atoms with Crippen LogP contribution in [0.4, 0.5) is 17.1 Å². The molecule has 2 atom stereocenters. The fourth-order valence-electron chi connectivity index (χ4n) is 12.0. The Balaban J connectivity index is 0.889. The average Bonchev–Trinajstić information content (AvgIpc) is 4.02. The second-order valence-electron chi connectivity index (χ2n) is 21.6. The van der Waals surface area contributed by atoms with Crippen LogP contribution in [0.15, 0.2) is 77.8 Å². The molecule has 5 aromatic rings. The quantitative estimate of drug-likeness (QED) is 0.0511. The number of piperidine rings is 1. The predicted molar refractivity (Wildman–Crippen MR) is 272 cm³/mol. The highest BCUT2D eigenvalue weighted by Crippen LogP contribution is 2.55. The number of likely N-dealkylation sites (tertiary alicyclic amines) is 1. The minimum Gasteiger partial charge on any atom is -0.489 e. The van der Waals surface area contributed by atoms with Crippen LogP contribution in [-0.4, -0.2) is 92.8 Å². The number of nitro groups is 1. The van der Waals surface area contributed by atoms with E-state index in [4.69, 9.17) is 18.9 Å². The highest BCUT2D eigenvalue weighted by Gasteiger charge is 2.50. The molecular formula is C54H67N7O9S. The Morgan fingerprint density at radius 1 is 0.972 bits per heavy atom. The number of benzene rings is 3. The fraction of sp³-hybridized carbons (Fsp3) is 0.519. The Kier molecular flexibility index (Phi) is 13.4. The van der Waals surface area contributed by atoms with Crippen molar-refractivity contribution in [1.82, 2.24) is 19.6 Å². The van der Waals surface area contributed by atoms with E-state index in [0.29, 0.717) is 23.6 Å². The van der Waals surface area contributed by atoms with Crippen LogP contribution in [-0.2, 0) is 14.8 Å². The molecule has 5 aliphatic rings. The molecule has 3 N–H and O–H groups in total. The molecule has 2 aliphatic carbocycles. The van der Waals surface area contributed by atoms with Gasteiger partial charge in [0.1, 0.15) is 24.6 Å². The molecule has 1 amide bonds. The van der Waals surface area contributed by atoms with Crippen molar-refractivity contribution in [1.29, 1.82) is 0 Å². The van der Waals surface area contributed by atoms with Crippen LogP contribution in [0.3, 0.4) is 0 Å². The van der Waals surface area contributed by atoms with Gasteiger partial charge < -0.3 is 34.1 Å². The van der Waals surface area contributed by atoms with Crippen molar-refractivity contribution in [3.8, 4) is 23.1 Å².